The highest BCUT2D eigenvalue weighted by atomic mass is 35.5. The number of nitrogens with one attached hydrogen (secondary N) is 1. The van der Waals surface area contributed by atoms with Crippen LogP contribution in [-0.2, 0) is 6.42 Å². The molecule has 3 heteroatoms. The van der Waals surface area contributed by atoms with Gasteiger partial charge in [-0.15, -0.1) is 0 Å². The fourth-order valence-corrected chi connectivity index (χ4v) is 2.48. The zero-order valence-corrected chi connectivity index (χ0v) is 13.9. The Kier molecular flexibility index (Phi) is 7.20. The molecule has 19 heavy (non-hydrogen) atoms. The van der Waals surface area contributed by atoms with Gasteiger partial charge in [-0.2, -0.15) is 0 Å². The Labute approximate surface area is 127 Å². The van der Waals surface area contributed by atoms with E-state index in [-0.39, 0.29) is 0 Å². The molecule has 0 amide bonds. The maximum Gasteiger partial charge on any atom is 0.0595 e. The van der Waals surface area contributed by atoms with E-state index in [1.54, 1.807) is 0 Å². The van der Waals surface area contributed by atoms with E-state index in [1.807, 2.05) is 12.1 Å². The van der Waals surface area contributed by atoms with E-state index in [0.29, 0.717) is 27.9 Å². The van der Waals surface area contributed by atoms with Crippen molar-refractivity contribution < 1.29 is 0 Å². The second kappa shape index (κ2) is 8.14. The molecule has 0 aromatic heterocycles. The third-order valence-corrected chi connectivity index (χ3v) is 4.52. The van der Waals surface area contributed by atoms with Crippen LogP contribution < -0.4 is 5.32 Å². The molecule has 0 bridgehead atoms. The number of hydrogen-bond acceptors (Lipinski definition) is 1. The van der Waals surface area contributed by atoms with Gasteiger partial charge in [0.25, 0.3) is 0 Å². The molecule has 0 aliphatic carbocycles. The van der Waals surface area contributed by atoms with E-state index in [2.05, 4.69) is 39.1 Å². The summed E-state index contributed by atoms with van der Waals surface area (Å²) in [5.74, 6) is 1.29. The molecule has 0 radical (unpaired) electrons. The van der Waals surface area contributed by atoms with E-state index < -0.39 is 0 Å². The van der Waals surface area contributed by atoms with Crippen LogP contribution in [-0.4, -0.2) is 12.6 Å². The quantitative estimate of drug-likeness (QED) is 0.730. The van der Waals surface area contributed by atoms with Crippen molar-refractivity contribution in [2.24, 2.45) is 11.8 Å². The van der Waals surface area contributed by atoms with Crippen LogP contribution in [0.25, 0.3) is 0 Å². The molecule has 1 rings (SSSR count). The summed E-state index contributed by atoms with van der Waals surface area (Å²) in [4.78, 5) is 0. The maximum atomic E-state index is 6.09. The lowest BCUT2D eigenvalue weighted by atomic mass is 9.86. The minimum absolute atomic E-state index is 0.484. The van der Waals surface area contributed by atoms with Crippen LogP contribution in [0.5, 0.6) is 0 Å². The first kappa shape index (κ1) is 16.8. The maximum absolute atomic E-state index is 6.09. The Bertz CT molecular complexity index is 390. The lowest BCUT2D eigenvalue weighted by Crippen LogP contribution is -2.39. The Morgan fingerprint density at radius 2 is 1.79 bits per heavy atom. The number of hydrogen-bond donors (Lipinski definition) is 1. The van der Waals surface area contributed by atoms with Gasteiger partial charge < -0.3 is 5.32 Å². The highest BCUT2D eigenvalue weighted by Gasteiger charge is 2.20. The first-order valence-electron chi connectivity index (χ1n) is 7.13. The SMILES string of the molecule is CCCNC(Cc1ccc(Cl)c(Cl)c1)C(C)C(C)C. The fraction of sp³-hybridized carbons (Fsp3) is 0.625. The van der Waals surface area contributed by atoms with Crippen molar-refractivity contribution in [2.45, 2.75) is 46.6 Å². The van der Waals surface area contributed by atoms with Crippen LogP contribution >= 0.6 is 23.2 Å². The zero-order chi connectivity index (χ0) is 14.4. The Hall–Kier alpha value is -0.240. The fourth-order valence-electron chi connectivity index (χ4n) is 2.16. The summed E-state index contributed by atoms with van der Waals surface area (Å²) >= 11 is 12.1. The molecular formula is C16H25Cl2N. The highest BCUT2D eigenvalue weighted by Crippen LogP contribution is 2.25. The van der Waals surface area contributed by atoms with E-state index in [0.717, 1.165) is 19.4 Å². The van der Waals surface area contributed by atoms with Gasteiger partial charge in [0, 0.05) is 6.04 Å². The van der Waals surface area contributed by atoms with Gasteiger partial charge in [0.05, 0.1) is 10.0 Å². The van der Waals surface area contributed by atoms with Crippen LogP contribution in [0.1, 0.15) is 39.7 Å². The van der Waals surface area contributed by atoms with E-state index in [1.165, 1.54) is 5.56 Å². The molecule has 0 aliphatic rings. The lowest BCUT2D eigenvalue weighted by Gasteiger charge is -2.28. The van der Waals surface area contributed by atoms with Crippen molar-refractivity contribution in [3.8, 4) is 0 Å². The van der Waals surface area contributed by atoms with Gasteiger partial charge in [-0.05, 0) is 48.9 Å². The van der Waals surface area contributed by atoms with Crippen molar-refractivity contribution in [1.29, 1.82) is 0 Å². The summed E-state index contributed by atoms with van der Waals surface area (Å²) in [6.45, 7) is 10.1. The van der Waals surface area contributed by atoms with Crippen LogP contribution in [0.3, 0.4) is 0 Å². The normalized spacial score (nSPS) is 14.7. The molecule has 0 fully saturated rings. The molecule has 0 saturated heterocycles. The first-order valence-corrected chi connectivity index (χ1v) is 7.88. The van der Waals surface area contributed by atoms with Crippen LogP contribution in [0.2, 0.25) is 10.0 Å². The molecule has 2 atom stereocenters. The summed E-state index contributed by atoms with van der Waals surface area (Å²) in [6, 6.07) is 6.42. The average molecular weight is 302 g/mol. The van der Waals surface area contributed by atoms with Gasteiger partial charge in [0.2, 0.25) is 0 Å². The Morgan fingerprint density at radius 1 is 1.11 bits per heavy atom. The topological polar surface area (TPSA) is 12.0 Å². The van der Waals surface area contributed by atoms with Gasteiger partial charge in [0.1, 0.15) is 0 Å². The van der Waals surface area contributed by atoms with Gasteiger partial charge >= 0.3 is 0 Å². The van der Waals surface area contributed by atoms with Crippen molar-refractivity contribution in [3.63, 3.8) is 0 Å². The summed E-state index contributed by atoms with van der Waals surface area (Å²) < 4.78 is 0. The monoisotopic (exact) mass is 301 g/mol. The standard InChI is InChI=1S/C16H25Cl2N/c1-5-8-19-16(12(4)11(2)3)10-13-6-7-14(17)15(18)9-13/h6-7,9,11-12,16,19H,5,8,10H2,1-4H3. The minimum Gasteiger partial charge on any atom is -0.313 e. The van der Waals surface area contributed by atoms with Crippen LogP contribution in [0.4, 0.5) is 0 Å². The van der Waals surface area contributed by atoms with E-state index in [4.69, 9.17) is 23.2 Å². The number of halogens is 2. The van der Waals surface area contributed by atoms with Gasteiger partial charge in [-0.25, -0.2) is 0 Å². The van der Waals surface area contributed by atoms with Crippen molar-refractivity contribution in [3.05, 3.63) is 33.8 Å². The molecule has 0 aliphatic heterocycles. The molecule has 1 N–H and O–H groups in total. The van der Waals surface area contributed by atoms with Crippen LogP contribution in [0, 0.1) is 11.8 Å². The summed E-state index contributed by atoms with van der Waals surface area (Å²) in [6.07, 6.45) is 2.15. The minimum atomic E-state index is 0.484. The van der Waals surface area contributed by atoms with Crippen molar-refractivity contribution in [2.75, 3.05) is 6.54 Å². The summed E-state index contributed by atoms with van der Waals surface area (Å²) in [5, 5.41) is 4.93. The third-order valence-electron chi connectivity index (χ3n) is 3.78. The first-order chi connectivity index (χ1) is 8.95. The predicted octanol–water partition coefficient (Wildman–Crippen LogP) is 5.20. The molecule has 2 unspecified atom stereocenters. The molecule has 0 heterocycles. The average Bonchev–Trinajstić information content (AvgIpc) is 2.37. The van der Waals surface area contributed by atoms with E-state index in [9.17, 15) is 0 Å². The lowest BCUT2D eigenvalue weighted by molar-refractivity contribution is 0.297. The second-order valence-electron chi connectivity index (χ2n) is 5.62. The molecule has 1 aromatic carbocycles. The second-order valence-corrected chi connectivity index (χ2v) is 6.43. The predicted molar refractivity (Wildman–Crippen MR) is 86.2 cm³/mol. The molecule has 1 nitrogen and oxygen atoms in total. The smallest absolute Gasteiger partial charge is 0.0595 e. The molecular weight excluding hydrogens is 277 g/mol. The Balaban J connectivity index is 2.77. The zero-order valence-electron chi connectivity index (χ0n) is 12.3. The molecule has 108 valence electrons. The van der Waals surface area contributed by atoms with Gasteiger partial charge in [0.15, 0.2) is 0 Å². The van der Waals surface area contributed by atoms with Crippen LogP contribution in [0.15, 0.2) is 18.2 Å². The van der Waals surface area contributed by atoms with Crippen molar-refractivity contribution >= 4 is 23.2 Å². The molecule has 0 spiro atoms. The summed E-state index contributed by atoms with van der Waals surface area (Å²) in [7, 11) is 0. The molecule has 0 saturated carbocycles. The number of benzene rings is 1. The van der Waals surface area contributed by atoms with Gasteiger partial charge in [-0.3, -0.25) is 0 Å². The van der Waals surface area contributed by atoms with Crippen molar-refractivity contribution in [1.82, 2.24) is 5.32 Å². The molecule has 1 aromatic rings. The Morgan fingerprint density at radius 3 is 2.32 bits per heavy atom. The summed E-state index contributed by atoms with van der Waals surface area (Å²) in [5.41, 5.74) is 1.25. The van der Waals surface area contributed by atoms with E-state index >= 15 is 0 Å². The highest BCUT2D eigenvalue weighted by molar-refractivity contribution is 6.42. The largest absolute Gasteiger partial charge is 0.313 e. The number of rotatable bonds is 7. The van der Waals surface area contributed by atoms with Gasteiger partial charge in [-0.1, -0.05) is 57.0 Å². The third kappa shape index (κ3) is 5.33.